The van der Waals surface area contributed by atoms with Gasteiger partial charge in [-0.15, -0.1) is 0 Å². The van der Waals surface area contributed by atoms with Crippen molar-refractivity contribution in [1.82, 2.24) is 0 Å². The van der Waals surface area contributed by atoms with Gasteiger partial charge in [0.15, 0.2) is 46.0 Å². The zero-order chi connectivity index (χ0) is 35.7. The molecule has 5 aromatic carbocycles. The second-order valence-electron chi connectivity index (χ2n) is 12.2. The summed E-state index contributed by atoms with van der Waals surface area (Å²) < 4.78 is 0. The van der Waals surface area contributed by atoms with Gasteiger partial charge in [0.25, 0.3) is 0 Å². The Morgan fingerprint density at radius 1 is 0.469 bits per heavy atom. The number of hydrogen-bond donors (Lipinski definition) is 8. The summed E-state index contributed by atoms with van der Waals surface area (Å²) in [5.41, 5.74) is 3.69. The third kappa shape index (κ3) is 6.24. The fourth-order valence-corrected chi connectivity index (χ4v) is 6.19. The minimum absolute atomic E-state index is 0.265. The molecule has 8 nitrogen and oxygen atoms in total. The van der Waals surface area contributed by atoms with Gasteiger partial charge >= 0.3 is 0 Å². The number of aromatic hydroxyl groups is 8. The Labute approximate surface area is 284 Å². The van der Waals surface area contributed by atoms with Crippen molar-refractivity contribution in [2.45, 2.75) is 31.6 Å². The van der Waals surface area contributed by atoms with Gasteiger partial charge in [-0.25, -0.2) is 0 Å². The van der Waals surface area contributed by atoms with Crippen molar-refractivity contribution >= 4 is 5.57 Å². The average molecular weight is 659 g/mol. The second kappa shape index (κ2) is 13.1. The summed E-state index contributed by atoms with van der Waals surface area (Å²) in [5.74, 6) is -2.25. The maximum atomic E-state index is 10.4. The molecule has 0 aliphatic heterocycles. The number of allylic oxidation sites excluding steroid dienone is 5. The van der Waals surface area contributed by atoms with Crippen LogP contribution in [0.1, 0.15) is 54.2 Å². The van der Waals surface area contributed by atoms with E-state index in [0.29, 0.717) is 27.8 Å². The largest absolute Gasteiger partial charge is 0.504 e. The molecular weight excluding hydrogens is 620 g/mol. The maximum Gasteiger partial charge on any atom is 0.157 e. The maximum absolute atomic E-state index is 10.4. The monoisotopic (exact) mass is 658 g/mol. The normalized spacial score (nSPS) is 12.3. The quantitative estimate of drug-likeness (QED) is 0.0446. The molecule has 0 spiro atoms. The van der Waals surface area contributed by atoms with Crippen molar-refractivity contribution in [3.63, 3.8) is 0 Å². The van der Waals surface area contributed by atoms with E-state index in [9.17, 15) is 40.9 Å². The molecule has 250 valence electrons. The molecule has 5 rings (SSSR count). The predicted molar refractivity (Wildman–Crippen MR) is 189 cm³/mol. The molecule has 0 bridgehead atoms. The van der Waals surface area contributed by atoms with Gasteiger partial charge < -0.3 is 40.9 Å². The highest BCUT2D eigenvalue weighted by atomic mass is 16.3. The molecule has 0 aliphatic rings. The molecule has 0 atom stereocenters. The summed E-state index contributed by atoms with van der Waals surface area (Å²) >= 11 is 0. The molecule has 0 amide bonds. The van der Waals surface area contributed by atoms with Gasteiger partial charge in [0, 0.05) is 10.8 Å². The summed E-state index contributed by atoms with van der Waals surface area (Å²) in [6, 6.07) is 25.8. The van der Waals surface area contributed by atoms with Crippen LogP contribution in [0.15, 0.2) is 127 Å². The van der Waals surface area contributed by atoms with E-state index in [1.54, 1.807) is 24.3 Å². The first-order valence-corrected chi connectivity index (χ1v) is 15.4. The average Bonchev–Trinajstić information content (AvgIpc) is 3.09. The third-order valence-corrected chi connectivity index (χ3v) is 9.40. The highest BCUT2D eigenvalue weighted by Gasteiger charge is 2.34. The van der Waals surface area contributed by atoms with Crippen molar-refractivity contribution in [1.29, 1.82) is 0 Å². The van der Waals surface area contributed by atoms with Crippen molar-refractivity contribution < 1.29 is 40.9 Å². The van der Waals surface area contributed by atoms with E-state index in [1.807, 2.05) is 63.3 Å². The van der Waals surface area contributed by atoms with Crippen molar-refractivity contribution in [2.24, 2.45) is 0 Å². The first-order chi connectivity index (χ1) is 23.2. The van der Waals surface area contributed by atoms with Crippen LogP contribution in [0.5, 0.6) is 46.0 Å². The standard InChI is InChI=1S/C41H38O8/c1-5-26(40(3,28-12-16-32(42)36(46)20-28)29-13-17-33(43)37(47)21-29)9-6-24(2)25-7-10-27(11-8-25)41(4,30-14-18-34(44)38(48)22-30)31-15-19-35(45)39(49)23-31/h5-23,42-49H,2H2,1,3-4H3/b9-6-,26-5+. The van der Waals surface area contributed by atoms with Gasteiger partial charge in [-0.05, 0) is 114 Å². The predicted octanol–water partition coefficient (Wildman–Crippen LogP) is 8.21. The summed E-state index contributed by atoms with van der Waals surface area (Å²) in [6.45, 7) is 9.96. The first kappa shape index (κ1) is 34.1. The van der Waals surface area contributed by atoms with Crippen LogP contribution in [0.3, 0.4) is 0 Å². The third-order valence-electron chi connectivity index (χ3n) is 9.40. The molecule has 0 fully saturated rings. The SMILES string of the molecule is C=C(/C=C\C(=C/C)C(C)(c1ccc(O)c(O)c1)c1ccc(O)c(O)c1)c1ccc(C(C)(c2ccc(O)c(O)c2)c2ccc(O)c(O)c2)cc1. The highest BCUT2D eigenvalue weighted by molar-refractivity contribution is 5.74. The van der Waals surface area contributed by atoms with Gasteiger partial charge in [0.2, 0.25) is 0 Å². The lowest BCUT2D eigenvalue weighted by Crippen LogP contribution is -2.25. The molecule has 0 saturated heterocycles. The van der Waals surface area contributed by atoms with Gasteiger partial charge in [-0.1, -0.05) is 73.3 Å². The van der Waals surface area contributed by atoms with E-state index in [4.69, 9.17) is 0 Å². The van der Waals surface area contributed by atoms with Crippen LogP contribution in [0.4, 0.5) is 0 Å². The van der Waals surface area contributed by atoms with Gasteiger partial charge in [-0.2, -0.15) is 0 Å². The molecule has 0 unspecified atom stereocenters. The zero-order valence-electron chi connectivity index (χ0n) is 27.3. The number of phenolic OH excluding ortho intramolecular Hbond substituents is 8. The smallest absolute Gasteiger partial charge is 0.157 e. The van der Waals surface area contributed by atoms with E-state index >= 15 is 0 Å². The van der Waals surface area contributed by atoms with Crippen molar-refractivity contribution in [3.05, 3.63) is 161 Å². The fourth-order valence-electron chi connectivity index (χ4n) is 6.19. The van der Waals surface area contributed by atoms with E-state index in [0.717, 1.165) is 16.7 Å². The molecule has 0 aliphatic carbocycles. The van der Waals surface area contributed by atoms with Crippen LogP contribution in [0, 0.1) is 0 Å². The van der Waals surface area contributed by atoms with Gasteiger partial charge in [-0.3, -0.25) is 0 Å². The van der Waals surface area contributed by atoms with Crippen LogP contribution in [0.2, 0.25) is 0 Å². The van der Waals surface area contributed by atoms with Crippen LogP contribution in [-0.2, 0) is 10.8 Å². The highest BCUT2D eigenvalue weighted by Crippen LogP contribution is 2.46. The Morgan fingerprint density at radius 3 is 1.18 bits per heavy atom. The summed E-state index contributed by atoms with van der Waals surface area (Å²) in [4.78, 5) is 0. The molecule has 0 saturated carbocycles. The van der Waals surface area contributed by atoms with Crippen molar-refractivity contribution in [2.75, 3.05) is 0 Å². The molecule has 5 aromatic rings. The number of hydrogen-bond acceptors (Lipinski definition) is 8. The van der Waals surface area contributed by atoms with E-state index in [-0.39, 0.29) is 46.0 Å². The van der Waals surface area contributed by atoms with Crippen molar-refractivity contribution in [3.8, 4) is 46.0 Å². The fraction of sp³-hybridized carbons (Fsp3) is 0.122. The Morgan fingerprint density at radius 2 is 0.816 bits per heavy atom. The summed E-state index contributed by atoms with van der Waals surface area (Å²) in [7, 11) is 0. The van der Waals surface area contributed by atoms with Crippen LogP contribution < -0.4 is 0 Å². The number of benzene rings is 5. The number of rotatable bonds is 9. The molecule has 49 heavy (non-hydrogen) atoms. The van der Waals surface area contributed by atoms with Gasteiger partial charge in [0.05, 0.1) is 0 Å². The Balaban J connectivity index is 1.53. The Bertz CT molecular complexity index is 2000. The molecule has 8 heteroatoms. The minimum Gasteiger partial charge on any atom is -0.504 e. The topological polar surface area (TPSA) is 162 Å². The molecule has 0 aromatic heterocycles. The number of phenols is 8. The lowest BCUT2D eigenvalue weighted by molar-refractivity contribution is 0.400. The minimum atomic E-state index is -0.946. The van der Waals surface area contributed by atoms with Gasteiger partial charge in [0.1, 0.15) is 0 Å². The Hall–Kier alpha value is -6.28. The first-order valence-electron chi connectivity index (χ1n) is 15.4. The summed E-state index contributed by atoms with van der Waals surface area (Å²) in [6.07, 6.45) is 5.62. The molecule has 0 heterocycles. The zero-order valence-corrected chi connectivity index (χ0v) is 27.3. The van der Waals surface area contributed by atoms with Crippen LogP contribution in [0.25, 0.3) is 5.57 Å². The lowest BCUT2D eigenvalue weighted by atomic mass is 9.70. The summed E-state index contributed by atoms with van der Waals surface area (Å²) in [5, 5.41) is 81.4. The molecule has 8 N–H and O–H groups in total. The molecule has 0 radical (unpaired) electrons. The van der Waals surface area contributed by atoms with E-state index in [2.05, 4.69) is 6.58 Å². The van der Waals surface area contributed by atoms with Crippen LogP contribution >= 0.6 is 0 Å². The van der Waals surface area contributed by atoms with E-state index < -0.39 is 10.8 Å². The van der Waals surface area contributed by atoms with E-state index in [1.165, 1.54) is 48.5 Å². The lowest BCUT2D eigenvalue weighted by Gasteiger charge is -2.33. The molecular formula is C41H38O8. The second-order valence-corrected chi connectivity index (χ2v) is 12.2. The van der Waals surface area contributed by atoms with Crippen LogP contribution in [-0.4, -0.2) is 40.9 Å². The Kier molecular flexibility index (Phi) is 9.09.